The van der Waals surface area contributed by atoms with E-state index in [9.17, 15) is 22.6 Å². The highest BCUT2D eigenvalue weighted by Gasteiger charge is 2.27. The standard InChI is InChI=1S/C33H28Cl2NO7PS/c1-42-44(39,26-13-7-4-8-14-26)17-16-25-19-28(34)31(29(35)20-25)32(37)36-30(33(38)43-22-23-10-5-3-6-11-23)21-24-12-9-15-27(18-24)45(2,40)41/h3-15,18-20,30H,21-22H2,1-2H3,(H,36,37)/t30-,44?/m0/s1. The molecule has 0 radical (unpaired) electrons. The number of amides is 1. The van der Waals surface area contributed by atoms with Crippen molar-refractivity contribution in [3.63, 3.8) is 0 Å². The van der Waals surface area contributed by atoms with Gasteiger partial charge in [0.2, 0.25) is 0 Å². The van der Waals surface area contributed by atoms with Gasteiger partial charge in [-0.2, -0.15) is 0 Å². The van der Waals surface area contributed by atoms with Crippen molar-refractivity contribution in [1.82, 2.24) is 5.32 Å². The molecule has 12 heteroatoms. The Morgan fingerprint density at radius 1 is 0.889 bits per heavy atom. The molecule has 0 spiro atoms. The van der Waals surface area contributed by atoms with E-state index in [1.54, 1.807) is 66.7 Å². The van der Waals surface area contributed by atoms with Gasteiger partial charge in [0.25, 0.3) is 5.91 Å². The van der Waals surface area contributed by atoms with Crippen LogP contribution < -0.4 is 10.6 Å². The largest absolute Gasteiger partial charge is 0.459 e. The molecule has 0 heterocycles. The lowest BCUT2D eigenvalue weighted by Crippen LogP contribution is -2.43. The Labute approximate surface area is 272 Å². The molecular weight excluding hydrogens is 656 g/mol. The monoisotopic (exact) mass is 683 g/mol. The molecular formula is C33H28Cl2NO7PS. The molecule has 1 amide bonds. The van der Waals surface area contributed by atoms with Gasteiger partial charge in [-0.05, 0) is 53.2 Å². The predicted molar refractivity (Wildman–Crippen MR) is 175 cm³/mol. The minimum absolute atomic E-state index is 0.0430. The summed E-state index contributed by atoms with van der Waals surface area (Å²) in [6, 6.07) is 25.1. The van der Waals surface area contributed by atoms with Crippen LogP contribution in [0.1, 0.15) is 27.0 Å². The van der Waals surface area contributed by atoms with Crippen LogP contribution in [0.4, 0.5) is 0 Å². The molecule has 0 aliphatic rings. The molecule has 232 valence electrons. The number of nitrogens with one attached hydrogen (secondary N) is 1. The van der Waals surface area contributed by atoms with E-state index in [1.807, 2.05) is 6.07 Å². The van der Waals surface area contributed by atoms with Gasteiger partial charge in [-0.1, -0.05) is 89.8 Å². The summed E-state index contributed by atoms with van der Waals surface area (Å²) in [6.07, 6.45) is 1.00. The molecule has 45 heavy (non-hydrogen) atoms. The van der Waals surface area contributed by atoms with Gasteiger partial charge >= 0.3 is 13.3 Å². The van der Waals surface area contributed by atoms with Crippen LogP contribution in [0.15, 0.2) is 102 Å². The highest BCUT2D eigenvalue weighted by atomic mass is 35.5. The van der Waals surface area contributed by atoms with Gasteiger partial charge in [0.1, 0.15) is 12.6 Å². The van der Waals surface area contributed by atoms with Gasteiger partial charge in [0.15, 0.2) is 9.84 Å². The maximum atomic E-state index is 13.5. The second-order valence-corrected chi connectivity index (χ2v) is 14.9. The van der Waals surface area contributed by atoms with Crippen LogP contribution in [0.5, 0.6) is 0 Å². The smallest absolute Gasteiger partial charge is 0.329 e. The fourth-order valence-corrected chi connectivity index (χ4v) is 6.85. The number of halogens is 2. The maximum Gasteiger partial charge on any atom is 0.329 e. The summed E-state index contributed by atoms with van der Waals surface area (Å²) in [6.45, 7) is -0.0430. The number of hydrogen-bond donors (Lipinski definition) is 1. The number of rotatable bonds is 10. The summed E-state index contributed by atoms with van der Waals surface area (Å²) in [7, 11) is -5.72. The van der Waals surface area contributed by atoms with Crippen molar-refractivity contribution in [2.45, 2.75) is 24.0 Å². The van der Waals surface area contributed by atoms with Crippen molar-refractivity contribution in [3.8, 4) is 11.6 Å². The van der Waals surface area contributed by atoms with Crippen molar-refractivity contribution >= 4 is 57.6 Å². The normalized spacial score (nSPS) is 13.1. The number of esters is 1. The second kappa shape index (κ2) is 14.9. The molecule has 1 N–H and O–H groups in total. The van der Waals surface area contributed by atoms with Crippen molar-refractivity contribution in [1.29, 1.82) is 0 Å². The topological polar surface area (TPSA) is 116 Å². The van der Waals surface area contributed by atoms with E-state index in [2.05, 4.69) is 16.9 Å². The first-order valence-electron chi connectivity index (χ1n) is 13.4. The average molecular weight is 685 g/mol. The molecule has 0 bridgehead atoms. The molecule has 0 saturated carbocycles. The van der Waals surface area contributed by atoms with Gasteiger partial charge in [-0.25, -0.2) is 13.2 Å². The molecule has 2 atom stereocenters. The first-order valence-corrected chi connectivity index (χ1v) is 17.7. The molecule has 4 aromatic carbocycles. The Balaban J connectivity index is 1.60. The van der Waals surface area contributed by atoms with Gasteiger partial charge in [0.05, 0.1) is 20.5 Å². The molecule has 8 nitrogen and oxygen atoms in total. The van der Waals surface area contributed by atoms with Crippen LogP contribution in [0.25, 0.3) is 0 Å². The van der Waals surface area contributed by atoms with E-state index >= 15 is 0 Å². The summed E-state index contributed by atoms with van der Waals surface area (Å²) in [5.41, 5.74) is 4.04. The first kappa shape index (κ1) is 34.0. The van der Waals surface area contributed by atoms with Gasteiger partial charge in [-0.15, -0.1) is 0 Å². The molecule has 0 aliphatic carbocycles. The number of benzene rings is 4. The van der Waals surface area contributed by atoms with Crippen LogP contribution >= 0.6 is 30.6 Å². The van der Waals surface area contributed by atoms with E-state index in [0.717, 1.165) is 11.8 Å². The number of hydrogen-bond acceptors (Lipinski definition) is 7. The van der Waals surface area contributed by atoms with E-state index in [0.29, 0.717) is 10.9 Å². The summed E-state index contributed by atoms with van der Waals surface area (Å²) < 4.78 is 48.2. The Kier molecular flexibility index (Phi) is 11.3. The molecule has 0 fully saturated rings. The Bertz CT molecular complexity index is 1900. The second-order valence-electron chi connectivity index (χ2n) is 9.86. The Hall–Kier alpha value is -3.90. The number of carbonyl (C=O) groups is 2. The minimum Gasteiger partial charge on any atom is -0.459 e. The lowest BCUT2D eigenvalue weighted by Gasteiger charge is -2.19. The SMILES string of the molecule is COP(=O)(C#Cc1cc(Cl)c(C(=O)N[C@@H](Cc2cccc(S(C)(=O)=O)c2)C(=O)OCc2ccccc2)c(Cl)c1)c1ccccc1. The highest BCUT2D eigenvalue weighted by Crippen LogP contribution is 2.43. The van der Waals surface area contributed by atoms with Crippen LogP contribution in [0, 0.1) is 11.6 Å². The number of ether oxygens (including phenoxy) is 1. The molecule has 4 aromatic rings. The van der Waals surface area contributed by atoms with E-state index in [4.69, 9.17) is 32.5 Å². The fraction of sp³-hybridized carbons (Fsp3) is 0.152. The molecule has 0 saturated heterocycles. The van der Waals surface area contributed by atoms with E-state index < -0.39 is 35.1 Å². The number of sulfone groups is 1. The zero-order chi connectivity index (χ0) is 32.6. The minimum atomic E-state index is -3.52. The Morgan fingerprint density at radius 3 is 2.09 bits per heavy atom. The van der Waals surface area contributed by atoms with Crippen molar-refractivity contribution in [2.75, 3.05) is 13.4 Å². The lowest BCUT2D eigenvalue weighted by atomic mass is 10.0. The van der Waals surface area contributed by atoms with E-state index in [1.165, 1.54) is 31.4 Å². The van der Waals surface area contributed by atoms with Crippen molar-refractivity contribution in [3.05, 3.63) is 129 Å². The quantitative estimate of drug-likeness (QED) is 0.123. The van der Waals surface area contributed by atoms with Gasteiger partial charge in [0, 0.05) is 30.7 Å². The van der Waals surface area contributed by atoms with Crippen LogP contribution in [0.3, 0.4) is 0 Å². The van der Waals surface area contributed by atoms with E-state index in [-0.39, 0.29) is 39.1 Å². The zero-order valence-corrected chi connectivity index (χ0v) is 27.4. The highest BCUT2D eigenvalue weighted by molar-refractivity contribution is 7.90. The summed E-state index contributed by atoms with van der Waals surface area (Å²) >= 11 is 12.9. The third-order valence-corrected chi connectivity index (χ3v) is 10.2. The van der Waals surface area contributed by atoms with Crippen LogP contribution in [-0.2, 0) is 41.5 Å². The average Bonchev–Trinajstić information content (AvgIpc) is 3.02. The van der Waals surface area contributed by atoms with Crippen LogP contribution in [-0.4, -0.2) is 39.7 Å². The van der Waals surface area contributed by atoms with Crippen molar-refractivity contribution < 1.29 is 31.8 Å². The van der Waals surface area contributed by atoms with Crippen LogP contribution in [0.2, 0.25) is 10.0 Å². The zero-order valence-electron chi connectivity index (χ0n) is 24.2. The maximum absolute atomic E-state index is 13.5. The first-order chi connectivity index (χ1) is 21.4. The molecule has 0 aliphatic heterocycles. The summed E-state index contributed by atoms with van der Waals surface area (Å²) in [4.78, 5) is 26.8. The fourth-order valence-electron chi connectivity index (χ4n) is 4.23. The lowest BCUT2D eigenvalue weighted by molar-refractivity contribution is -0.147. The van der Waals surface area contributed by atoms with Gasteiger partial charge < -0.3 is 14.6 Å². The van der Waals surface area contributed by atoms with Gasteiger partial charge in [-0.3, -0.25) is 9.36 Å². The molecule has 0 aromatic heterocycles. The summed E-state index contributed by atoms with van der Waals surface area (Å²) in [5, 5.41) is 2.92. The molecule has 1 unspecified atom stereocenters. The number of carbonyl (C=O) groups excluding carboxylic acids is 2. The third kappa shape index (κ3) is 9.07. The third-order valence-electron chi connectivity index (χ3n) is 6.55. The molecule has 4 rings (SSSR count). The van der Waals surface area contributed by atoms with Crippen molar-refractivity contribution in [2.24, 2.45) is 0 Å². The Morgan fingerprint density at radius 2 is 1.49 bits per heavy atom. The summed E-state index contributed by atoms with van der Waals surface area (Å²) in [5.74, 6) is 1.25. The predicted octanol–water partition coefficient (Wildman–Crippen LogP) is 6.04.